The average molecular weight is 374 g/mol. The van der Waals surface area contributed by atoms with Crippen LogP contribution in [0.1, 0.15) is 56.8 Å². The minimum absolute atomic E-state index is 0.0816. The summed E-state index contributed by atoms with van der Waals surface area (Å²) >= 11 is 1.25. The van der Waals surface area contributed by atoms with Gasteiger partial charge in [-0.15, -0.1) is 0 Å². The van der Waals surface area contributed by atoms with Crippen LogP contribution in [0.5, 0.6) is 0 Å². The topological polar surface area (TPSA) is 107 Å². The van der Waals surface area contributed by atoms with Crippen LogP contribution >= 0.6 is 11.8 Å². The summed E-state index contributed by atoms with van der Waals surface area (Å²) in [5, 5.41) is 0.387. The predicted octanol–water partition coefficient (Wildman–Crippen LogP) is 1.49. The second-order valence-corrected chi connectivity index (χ2v) is 8.50. The number of nitrogens with one attached hydrogen (secondary N) is 1. The Morgan fingerprint density at radius 3 is 2.54 bits per heavy atom. The van der Waals surface area contributed by atoms with E-state index in [4.69, 9.17) is 4.74 Å². The molecule has 0 spiro atoms. The van der Waals surface area contributed by atoms with Gasteiger partial charge >= 0.3 is 11.7 Å². The Bertz CT molecular complexity index is 1040. The van der Waals surface area contributed by atoms with Crippen LogP contribution in [0, 0.1) is 0 Å². The van der Waals surface area contributed by atoms with Crippen molar-refractivity contribution in [2.24, 2.45) is 0 Å². The lowest BCUT2D eigenvalue weighted by Crippen LogP contribution is -2.31. The number of rotatable bonds is 4. The number of hydrogen-bond acceptors (Lipinski definition) is 7. The molecule has 0 bridgehead atoms. The molecule has 136 valence electrons. The van der Waals surface area contributed by atoms with Crippen molar-refractivity contribution in [3.05, 3.63) is 26.7 Å². The van der Waals surface area contributed by atoms with Crippen LogP contribution in [-0.2, 0) is 9.53 Å². The normalized spacial score (nSPS) is 25.7. The summed E-state index contributed by atoms with van der Waals surface area (Å²) in [4.78, 5) is 48.5. The summed E-state index contributed by atoms with van der Waals surface area (Å²) in [5.74, 6) is 0.656. The molecule has 2 saturated carbocycles. The van der Waals surface area contributed by atoms with Crippen LogP contribution in [0.25, 0.3) is 11.0 Å². The van der Waals surface area contributed by atoms with Gasteiger partial charge in [0, 0.05) is 18.4 Å². The van der Waals surface area contributed by atoms with Crippen molar-refractivity contribution in [3.8, 4) is 0 Å². The fourth-order valence-corrected chi connectivity index (χ4v) is 4.60. The van der Waals surface area contributed by atoms with Crippen molar-refractivity contribution in [1.82, 2.24) is 19.5 Å². The number of H-pyrrole nitrogens is 1. The van der Waals surface area contributed by atoms with Crippen molar-refractivity contribution in [2.45, 2.75) is 67.4 Å². The lowest BCUT2D eigenvalue weighted by atomic mass is 10.3. The van der Waals surface area contributed by atoms with Gasteiger partial charge in [-0.2, -0.15) is 0 Å². The van der Waals surface area contributed by atoms with E-state index in [1.807, 2.05) is 6.92 Å². The number of carbonyl (C=O) groups is 1. The Hall–Kier alpha value is -2.16. The minimum atomic E-state index is -0.494. The van der Waals surface area contributed by atoms with Gasteiger partial charge in [0.25, 0.3) is 5.56 Å². The second-order valence-electron chi connectivity index (χ2n) is 7.31. The van der Waals surface area contributed by atoms with Crippen LogP contribution in [0.2, 0.25) is 0 Å². The highest BCUT2D eigenvalue weighted by atomic mass is 32.2. The SMILES string of the molecule is CC1CC(Sc2nc(C3CC3)nc3c2c(=O)[nH]c(=O)n3C2CC2)C(=O)O1. The lowest BCUT2D eigenvalue weighted by Gasteiger charge is -2.13. The molecule has 2 unspecified atom stereocenters. The van der Waals surface area contributed by atoms with Gasteiger partial charge in [-0.3, -0.25) is 19.1 Å². The zero-order chi connectivity index (χ0) is 18.0. The molecule has 1 N–H and O–H groups in total. The first-order chi connectivity index (χ1) is 12.5. The summed E-state index contributed by atoms with van der Waals surface area (Å²) < 4.78 is 6.81. The molecule has 2 aromatic rings. The van der Waals surface area contributed by atoms with Crippen LogP contribution in [0.4, 0.5) is 0 Å². The maximum Gasteiger partial charge on any atom is 0.330 e. The second kappa shape index (κ2) is 5.67. The molecule has 2 aliphatic carbocycles. The third-order valence-electron chi connectivity index (χ3n) is 5.00. The first-order valence-electron chi connectivity index (χ1n) is 8.95. The number of cyclic esters (lactones) is 1. The highest BCUT2D eigenvalue weighted by Crippen LogP contribution is 2.42. The molecule has 2 atom stereocenters. The third kappa shape index (κ3) is 2.65. The average Bonchev–Trinajstić information content (AvgIpc) is 3.47. The van der Waals surface area contributed by atoms with Crippen LogP contribution in [-0.4, -0.2) is 36.8 Å². The number of hydrogen-bond donors (Lipinski definition) is 1. The van der Waals surface area contributed by atoms with Gasteiger partial charge in [-0.05, 0) is 32.6 Å². The molecule has 1 aliphatic heterocycles. The fraction of sp³-hybridized carbons (Fsp3) is 0.588. The van der Waals surface area contributed by atoms with Crippen molar-refractivity contribution in [3.63, 3.8) is 0 Å². The van der Waals surface area contributed by atoms with E-state index >= 15 is 0 Å². The van der Waals surface area contributed by atoms with E-state index in [2.05, 4.69) is 15.0 Å². The number of thioether (sulfide) groups is 1. The van der Waals surface area contributed by atoms with Crippen LogP contribution in [0.3, 0.4) is 0 Å². The van der Waals surface area contributed by atoms with Crippen molar-refractivity contribution in [2.75, 3.05) is 0 Å². The predicted molar refractivity (Wildman–Crippen MR) is 94.5 cm³/mol. The summed E-state index contributed by atoms with van der Waals surface area (Å²) in [6.07, 6.45) is 4.26. The van der Waals surface area contributed by atoms with Crippen LogP contribution < -0.4 is 11.2 Å². The smallest absolute Gasteiger partial charge is 0.330 e. The van der Waals surface area contributed by atoms with Gasteiger partial charge in [-0.25, -0.2) is 14.8 Å². The zero-order valence-corrected chi connectivity index (χ0v) is 15.0. The molecule has 3 aliphatic rings. The molecule has 0 aromatic carbocycles. The first kappa shape index (κ1) is 16.0. The maximum absolute atomic E-state index is 12.6. The van der Waals surface area contributed by atoms with Gasteiger partial charge in [-0.1, -0.05) is 11.8 Å². The monoisotopic (exact) mass is 374 g/mol. The van der Waals surface area contributed by atoms with Crippen molar-refractivity contribution < 1.29 is 9.53 Å². The maximum atomic E-state index is 12.6. The largest absolute Gasteiger partial charge is 0.462 e. The van der Waals surface area contributed by atoms with Gasteiger partial charge in [0.15, 0.2) is 5.65 Å². The zero-order valence-electron chi connectivity index (χ0n) is 14.2. The van der Waals surface area contributed by atoms with Gasteiger partial charge in [0.05, 0.1) is 0 Å². The standard InChI is InChI=1S/C17H18N4O4S/c1-7-6-10(16(23)25-7)26-15-11-13(18-12(19-15)8-2-3-8)21(9-4-5-9)17(24)20-14(11)22/h7-10H,2-6H2,1H3,(H,20,22,24). The van der Waals surface area contributed by atoms with Crippen molar-refractivity contribution >= 4 is 28.8 Å². The van der Waals surface area contributed by atoms with Gasteiger partial charge in [0.1, 0.15) is 27.6 Å². The van der Waals surface area contributed by atoms with E-state index in [1.54, 1.807) is 4.57 Å². The molecule has 5 rings (SSSR count). The molecule has 2 aromatic heterocycles. The Kier molecular flexibility index (Phi) is 3.50. The van der Waals surface area contributed by atoms with E-state index in [-0.39, 0.29) is 24.0 Å². The van der Waals surface area contributed by atoms with E-state index < -0.39 is 16.5 Å². The Labute approximate surface area is 152 Å². The Morgan fingerprint density at radius 2 is 1.92 bits per heavy atom. The highest BCUT2D eigenvalue weighted by molar-refractivity contribution is 8.00. The van der Waals surface area contributed by atoms with E-state index in [9.17, 15) is 14.4 Å². The number of esters is 1. The van der Waals surface area contributed by atoms with Gasteiger partial charge in [0.2, 0.25) is 0 Å². The number of ether oxygens (including phenoxy) is 1. The number of aromatic nitrogens is 4. The quantitative estimate of drug-likeness (QED) is 0.638. The van der Waals surface area contributed by atoms with Gasteiger partial charge < -0.3 is 4.74 Å². The number of fused-ring (bicyclic) bond motifs is 1. The van der Waals surface area contributed by atoms with Crippen molar-refractivity contribution in [1.29, 1.82) is 0 Å². The highest BCUT2D eigenvalue weighted by Gasteiger charge is 2.36. The van der Waals surface area contributed by atoms with E-state index in [0.717, 1.165) is 25.7 Å². The molecular weight excluding hydrogens is 356 g/mol. The summed E-state index contributed by atoms with van der Waals surface area (Å²) in [5.41, 5.74) is -0.512. The number of carbonyl (C=O) groups excluding carboxylic acids is 1. The Morgan fingerprint density at radius 1 is 1.15 bits per heavy atom. The van der Waals surface area contributed by atoms with Crippen LogP contribution in [0.15, 0.2) is 14.6 Å². The lowest BCUT2D eigenvalue weighted by molar-refractivity contribution is -0.140. The molecule has 3 fully saturated rings. The third-order valence-corrected chi connectivity index (χ3v) is 6.19. The summed E-state index contributed by atoms with van der Waals surface area (Å²) in [6.45, 7) is 1.85. The molecule has 0 radical (unpaired) electrons. The molecule has 8 nitrogen and oxygen atoms in total. The minimum Gasteiger partial charge on any atom is -0.462 e. The molecule has 26 heavy (non-hydrogen) atoms. The first-order valence-corrected chi connectivity index (χ1v) is 9.83. The molecular formula is C17H18N4O4S. The molecule has 3 heterocycles. The molecule has 1 saturated heterocycles. The summed E-state index contributed by atoms with van der Waals surface area (Å²) in [6, 6.07) is 0.0816. The number of nitrogens with zero attached hydrogens (tertiary/aromatic N) is 3. The fourth-order valence-electron chi connectivity index (χ4n) is 3.37. The molecule has 0 amide bonds. The Balaban J connectivity index is 1.71. The number of aromatic amines is 1. The van der Waals surface area contributed by atoms with E-state index in [0.29, 0.717) is 28.3 Å². The summed E-state index contributed by atoms with van der Waals surface area (Å²) in [7, 11) is 0. The molecule has 9 heteroatoms. The van der Waals surface area contributed by atoms with E-state index in [1.165, 1.54) is 11.8 Å².